The monoisotopic (exact) mass is 240 g/mol. The van der Waals surface area contributed by atoms with Gasteiger partial charge in [-0.2, -0.15) is 0 Å². The van der Waals surface area contributed by atoms with Crippen LogP contribution in [-0.2, 0) is 0 Å². The van der Waals surface area contributed by atoms with Crippen molar-refractivity contribution >= 4 is 0 Å². The van der Waals surface area contributed by atoms with Crippen molar-refractivity contribution in [2.45, 2.75) is 77.8 Å². The van der Waals surface area contributed by atoms with E-state index in [1.165, 1.54) is 57.8 Å². The zero-order valence-electron chi connectivity index (χ0n) is 11.9. The van der Waals surface area contributed by atoms with Gasteiger partial charge in [0, 0.05) is 13.1 Å². The van der Waals surface area contributed by atoms with Crippen LogP contribution in [0.5, 0.6) is 0 Å². The van der Waals surface area contributed by atoms with Gasteiger partial charge in [0.2, 0.25) is 0 Å². The van der Waals surface area contributed by atoms with Gasteiger partial charge in [-0.1, -0.05) is 65.2 Å². The van der Waals surface area contributed by atoms with Gasteiger partial charge in [0.1, 0.15) is 0 Å². The van der Waals surface area contributed by atoms with Crippen LogP contribution in [0.2, 0.25) is 0 Å². The second-order valence-electron chi connectivity index (χ2n) is 5.55. The van der Waals surface area contributed by atoms with E-state index in [1.807, 2.05) is 0 Å². The second kappa shape index (κ2) is 9.90. The molecule has 2 nitrogen and oxygen atoms in total. The highest BCUT2D eigenvalue weighted by Crippen LogP contribution is 2.22. The van der Waals surface area contributed by atoms with Gasteiger partial charge in [-0.3, -0.25) is 0 Å². The highest BCUT2D eigenvalue weighted by molar-refractivity contribution is 4.76. The lowest BCUT2D eigenvalue weighted by Gasteiger charge is -2.21. The van der Waals surface area contributed by atoms with Crippen LogP contribution in [0.4, 0.5) is 0 Å². The van der Waals surface area contributed by atoms with Crippen LogP contribution in [0.15, 0.2) is 0 Å². The molecule has 102 valence electrons. The molecule has 1 rings (SSSR count). The Morgan fingerprint density at radius 1 is 0.882 bits per heavy atom. The minimum Gasteiger partial charge on any atom is -0.301 e. The summed E-state index contributed by atoms with van der Waals surface area (Å²) in [5, 5.41) is 7.11. The highest BCUT2D eigenvalue weighted by atomic mass is 15.2. The summed E-state index contributed by atoms with van der Waals surface area (Å²) in [6, 6.07) is 0. The van der Waals surface area contributed by atoms with Gasteiger partial charge in [0.25, 0.3) is 0 Å². The normalized spacial score (nSPS) is 17.1. The summed E-state index contributed by atoms with van der Waals surface area (Å²) in [6.45, 7) is 6.90. The molecule has 0 atom stereocenters. The fraction of sp³-hybridized carbons (Fsp3) is 1.00. The molecule has 0 aromatic carbocycles. The molecule has 0 unspecified atom stereocenters. The summed E-state index contributed by atoms with van der Waals surface area (Å²) >= 11 is 0. The average molecular weight is 240 g/mol. The van der Waals surface area contributed by atoms with Gasteiger partial charge in [0.15, 0.2) is 0 Å². The quantitative estimate of drug-likeness (QED) is 0.569. The predicted octanol–water partition coefficient (Wildman–Crippen LogP) is 3.67. The molecule has 0 aromatic heterocycles. The van der Waals surface area contributed by atoms with Gasteiger partial charge >= 0.3 is 0 Å². The number of hydrogen-bond acceptors (Lipinski definition) is 2. The van der Waals surface area contributed by atoms with Gasteiger partial charge < -0.3 is 10.6 Å². The molecule has 1 heterocycles. The first-order valence-corrected chi connectivity index (χ1v) is 7.83. The summed E-state index contributed by atoms with van der Waals surface area (Å²) in [5.74, 6) is 0.941. The van der Waals surface area contributed by atoms with Crippen LogP contribution in [0.3, 0.4) is 0 Å². The first-order chi connectivity index (χ1) is 8.36. The zero-order valence-corrected chi connectivity index (χ0v) is 11.9. The van der Waals surface area contributed by atoms with Gasteiger partial charge in [-0.15, -0.1) is 0 Å². The highest BCUT2D eigenvalue weighted by Gasteiger charge is 2.18. The van der Waals surface area contributed by atoms with Crippen molar-refractivity contribution in [2.75, 3.05) is 13.1 Å². The topological polar surface area (TPSA) is 24.1 Å². The van der Waals surface area contributed by atoms with Gasteiger partial charge in [-0.05, 0) is 12.3 Å². The van der Waals surface area contributed by atoms with Crippen molar-refractivity contribution in [3.63, 3.8) is 0 Å². The number of rotatable bonds is 10. The zero-order chi connectivity index (χ0) is 12.3. The Bertz CT molecular complexity index is 154. The van der Waals surface area contributed by atoms with E-state index in [0.717, 1.165) is 19.0 Å². The van der Waals surface area contributed by atoms with Crippen molar-refractivity contribution in [2.24, 2.45) is 5.92 Å². The van der Waals surface area contributed by atoms with E-state index in [1.54, 1.807) is 0 Å². The van der Waals surface area contributed by atoms with Gasteiger partial charge in [-0.25, -0.2) is 0 Å². The summed E-state index contributed by atoms with van der Waals surface area (Å²) in [4.78, 5) is 0. The maximum Gasteiger partial charge on any atom is 0.0575 e. The minimum atomic E-state index is 0.600. The van der Waals surface area contributed by atoms with Crippen LogP contribution < -0.4 is 10.6 Å². The van der Waals surface area contributed by atoms with E-state index >= 15 is 0 Å². The molecular weight excluding hydrogens is 208 g/mol. The van der Waals surface area contributed by atoms with Crippen molar-refractivity contribution in [1.82, 2.24) is 10.6 Å². The molecule has 1 fully saturated rings. The van der Waals surface area contributed by atoms with Crippen molar-refractivity contribution in [3.05, 3.63) is 0 Å². The van der Waals surface area contributed by atoms with Gasteiger partial charge in [0.05, 0.1) is 6.17 Å². The molecule has 0 aromatic rings. The SMILES string of the molecule is CCCCCC(CCCCC)CC1NCCN1. The second-order valence-corrected chi connectivity index (χ2v) is 5.55. The van der Waals surface area contributed by atoms with Crippen molar-refractivity contribution in [1.29, 1.82) is 0 Å². The fourth-order valence-electron chi connectivity index (χ4n) is 2.81. The summed E-state index contributed by atoms with van der Waals surface area (Å²) in [5.41, 5.74) is 0. The third-order valence-corrected chi connectivity index (χ3v) is 3.91. The molecule has 2 N–H and O–H groups in total. The Hall–Kier alpha value is -0.0800. The third-order valence-electron chi connectivity index (χ3n) is 3.91. The lowest BCUT2D eigenvalue weighted by molar-refractivity contribution is 0.333. The smallest absolute Gasteiger partial charge is 0.0575 e. The number of nitrogens with one attached hydrogen (secondary N) is 2. The summed E-state index contributed by atoms with van der Waals surface area (Å²) in [6.07, 6.45) is 13.2. The van der Waals surface area contributed by atoms with Crippen LogP contribution in [0.1, 0.15) is 71.6 Å². The van der Waals surface area contributed by atoms with Crippen LogP contribution in [0, 0.1) is 5.92 Å². The van der Waals surface area contributed by atoms with E-state index in [0.29, 0.717) is 6.17 Å². The first-order valence-electron chi connectivity index (χ1n) is 7.83. The molecule has 1 aliphatic heterocycles. The number of hydrogen-bond donors (Lipinski definition) is 2. The molecule has 0 spiro atoms. The Morgan fingerprint density at radius 2 is 1.41 bits per heavy atom. The standard InChI is InChI=1S/C15H32N2/c1-3-5-7-9-14(10-8-6-4-2)13-15-16-11-12-17-15/h14-17H,3-13H2,1-2H3. The molecule has 0 bridgehead atoms. The van der Waals surface area contributed by atoms with E-state index in [9.17, 15) is 0 Å². The predicted molar refractivity (Wildman–Crippen MR) is 76.2 cm³/mol. The van der Waals surface area contributed by atoms with Crippen LogP contribution >= 0.6 is 0 Å². The molecule has 1 aliphatic rings. The van der Waals surface area contributed by atoms with E-state index in [4.69, 9.17) is 0 Å². The molecule has 0 saturated carbocycles. The van der Waals surface area contributed by atoms with E-state index in [2.05, 4.69) is 24.5 Å². The average Bonchev–Trinajstić information content (AvgIpc) is 2.82. The van der Waals surface area contributed by atoms with Crippen LogP contribution in [0.25, 0.3) is 0 Å². The largest absolute Gasteiger partial charge is 0.301 e. The minimum absolute atomic E-state index is 0.600. The fourth-order valence-corrected chi connectivity index (χ4v) is 2.81. The molecule has 1 saturated heterocycles. The van der Waals surface area contributed by atoms with Crippen molar-refractivity contribution < 1.29 is 0 Å². The molecular formula is C15H32N2. The van der Waals surface area contributed by atoms with Crippen LogP contribution in [-0.4, -0.2) is 19.3 Å². The molecule has 0 aliphatic carbocycles. The molecule has 17 heavy (non-hydrogen) atoms. The first kappa shape index (κ1) is 15.0. The summed E-state index contributed by atoms with van der Waals surface area (Å²) < 4.78 is 0. The Labute approximate surface area is 108 Å². The lowest BCUT2D eigenvalue weighted by atomic mass is 9.91. The summed E-state index contributed by atoms with van der Waals surface area (Å²) in [7, 11) is 0. The Morgan fingerprint density at radius 3 is 1.88 bits per heavy atom. The molecule has 0 amide bonds. The van der Waals surface area contributed by atoms with E-state index in [-0.39, 0.29) is 0 Å². The molecule has 2 heteroatoms. The maximum absolute atomic E-state index is 3.56. The number of unbranched alkanes of at least 4 members (excludes halogenated alkanes) is 4. The Balaban J connectivity index is 2.18. The molecule has 0 radical (unpaired) electrons. The van der Waals surface area contributed by atoms with Crippen molar-refractivity contribution in [3.8, 4) is 0 Å². The lowest BCUT2D eigenvalue weighted by Crippen LogP contribution is -2.33. The third kappa shape index (κ3) is 7.05. The Kier molecular flexibility index (Phi) is 8.72. The maximum atomic E-state index is 3.56. The van der Waals surface area contributed by atoms with E-state index < -0.39 is 0 Å².